The second kappa shape index (κ2) is 7.40. The summed E-state index contributed by atoms with van der Waals surface area (Å²) in [4.78, 5) is 18.2. The molecule has 2 heterocycles. The molecule has 1 aliphatic heterocycles. The minimum Gasteiger partial charge on any atom is -0.360 e. The number of aromatic nitrogens is 1. The molecule has 1 aromatic heterocycles. The number of hydrogen-bond acceptors (Lipinski definition) is 6. The molecule has 0 radical (unpaired) electrons. The van der Waals surface area contributed by atoms with Crippen molar-refractivity contribution in [2.75, 3.05) is 31.5 Å². The number of benzene rings is 1. The highest BCUT2D eigenvalue weighted by atomic mass is 32.1. The van der Waals surface area contributed by atoms with Gasteiger partial charge < -0.3 is 15.5 Å². The monoisotopic (exact) mass is 329 g/mol. The predicted molar refractivity (Wildman–Crippen MR) is 91.3 cm³/mol. The molecule has 0 saturated carbocycles. The van der Waals surface area contributed by atoms with Crippen LogP contribution in [0.25, 0.3) is 10.2 Å². The number of nitriles is 1. The minimum atomic E-state index is -0.245. The fraction of sp³-hybridized carbons (Fsp3) is 0.438. The largest absolute Gasteiger partial charge is 0.360 e. The van der Waals surface area contributed by atoms with E-state index in [1.807, 2.05) is 18.2 Å². The van der Waals surface area contributed by atoms with Crippen LogP contribution in [0.1, 0.15) is 12.8 Å². The Kier molecular flexibility index (Phi) is 5.05. The highest BCUT2D eigenvalue weighted by Crippen LogP contribution is 2.24. The van der Waals surface area contributed by atoms with Gasteiger partial charge in [-0.15, -0.1) is 0 Å². The van der Waals surface area contributed by atoms with E-state index in [2.05, 4.69) is 27.8 Å². The highest BCUT2D eigenvalue weighted by molar-refractivity contribution is 7.22. The van der Waals surface area contributed by atoms with Crippen LogP contribution in [0.15, 0.2) is 24.3 Å². The van der Waals surface area contributed by atoms with E-state index in [1.165, 1.54) is 0 Å². The Bertz CT molecular complexity index is 690. The molecule has 1 unspecified atom stereocenters. The van der Waals surface area contributed by atoms with Gasteiger partial charge in [-0.25, -0.2) is 4.98 Å². The first kappa shape index (κ1) is 15.7. The SMILES string of the molecule is N#CC1CCCN1C(=O)CNCCNc1nc2ccccc2s1. The van der Waals surface area contributed by atoms with E-state index in [9.17, 15) is 4.79 Å². The van der Waals surface area contributed by atoms with Gasteiger partial charge in [0.1, 0.15) is 6.04 Å². The molecule has 1 atom stereocenters. The van der Waals surface area contributed by atoms with Crippen molar-refractivity contribution in [3.05, 3.63) is 24.3 Å². The number of anilines is 1. The Balaban J connectivity index is 1.38. The molecule has 0 spiro atoms. The van der Waals surface area contributed by atoms with Gasteiger partial charge in [-0.05, 0) is 25.0 Å². The molecule has 2 aromatic rings. The second-order valence-electron chi connectivity index (χ2n) is 5.46. The number of amides is 1. The van der Waals surface area contributed by atoms with E-state index in [4.69, 9.17) is 5.26 Å². The minimum absolute atomic E-state index is 0.00837. The summed E-state index contributed by atoms with van der Waals surface area (Å²) in [5, 5.41) is 16.3. The van der Waals surface area contributed by atoms with Crippen LogP contribution in [0, 0.1) is 11.3 Å². The number of rotatable bonds is 6. The van der Waals surface area contributed by atoms with Gasteiger partial charge >= 0.3 is 0 Å². The van der Waals surface area contributed by atoms with Crippen molar-refractivity contribution < 1.29 is 4.79 Å². The van der Waals surface area contributed by atoms with Gasteiger partial charge in [0.05, 0.1) is 22.8 Å². The molecule has 1 saturated heterocycles. The van der Waals surface area contributed by atoms with E-state index in [-0.39, 0.29) is 18.5 Å². The van der Waals surface area contributed by atoms with Gasteiger partial charge in [-0.1, -0.05) is 23.5 Å². The zero-order chi connectivity index (χ0) is 16.1. The summed E-state index contributed by atoms with van der Waals surface area (Å²) < 4.78 is 1.16. The number of likely N-dealkylation sites (tertiary alicyclic amines) is 1. The average Bonchev–Trinajstić information content (AvgIpc) is 3.20. The first-order valence-corrected chi connectivity index (χ1v) is 8.59. The highest BCUT2D eigenvalue weighted by Gasteiger charge is 2.27. The summed E-state index contributed by atoms with van der Waals surface area (Å²) in [5.41, 5.74) is 1.000. The molecule has 23 heavy (non-hydrogen) atoms. The van der Waals surface area contributed by atoms with Crippen molar-refractivity contribution >= 4 is 32.6 Å². The van der Waals surface area contributed by atoms with Gasteiger partial charge in [-0.3, -0.25) is 4.79 Å². The number of hydrogen-bond donors (Lipinski definition) is 2. The smallest absolute Gasteiger partial charge is 0.237 e. The van der Waals surface area contributed by atoms with Crippen LogP contribution in [0.2, 0.25) is 0 Å². The summed E-state index contributed by atoms with van der Waals surface area (Å²) >= 11 is 1.62. The molecule has 6 nitrogen and oxygen atoms in total. The van der Waals surface area contributed by atoms with E-state index in [0.717, 1.165) is 28.2 Å². The Hall–Kier alpha value is -2.17. The zero-order valence-corrected chi connectivity index (χ0v) is 13.6. The molecule has 1 fully saturated rings. The number of fused-ring (bicyclic) bond motifs is 1. The van der Waals surface area contributed by atoms with E-state index >= 15 is 0 Å². The van der Waals surface area contributed by atoms with Gasteiger partial charge in [0.2, 0.25) is 5.91 Å². The van der Waals surface area contributed by atoms with Crippen molar-refractivity contribution in [2.45, 2.75) is 18.9 Å². The Morgan fingerprint density at radius 3 is 3.13 bits per heavy atom. The lowest BCUT2D eigenvalue weighted by atomic mass is 10.2. The maximum atomic E-state index is 12.0. The fourth-order valence-corrected chi connectivity index (χ4v) is 3.59. The summed E-state index contributed by atoms with van der Waals surface area (Å²) in [7, 11) is 0. The predicted octanol–water partition coefficient (Wildman–Crippen LogP) is 1.81. The number of carbonyl (C=O) groups is 1. The van der Waals surface area contributed by atoms with Gasteiger partial charge in [-0.2, -0.15) is 5.26 Å². The number of thiazole rings is 1. The summed E-state index contributed by atoms with van der Waals surface area (Å²) in [6.45, 7) is 2.35. The lowest BCUT2D eigenvalue weighted by Crippen LogP contribution is -2.41. The Morgan fingerprint density at radius 2 is 2.30 bits per heavy atom. The third kappa shape index (κ3) is 3.78. The molecule has 3 rings (SSSR count). The lowest BCUT2D eigenvalue weighted by molar-refractivity contribution is -0.130. The van der Waals surface area contributed by atoms with Gasteiger partial charge in [0, 0.05) is 19.6 Å². The van der Waals surface area contributed by atoms with E-state index in [0.29, 0.717) is 19.6 Å². The van der Waals surface area contributed by atoms with Crippen LogP contribution in [0.3, 0.4) is 0 Å². The van der Waals surface area contributed by atoms with E-state index in [1.54, 1.807) is 16.2 Å². The van der Waals surface area contributed by atoms with Gasteiger partial charge in [0.25, 0.3) is 0 Å². The van der Waals surface area contributed by atoms with Crippen molar-refractivity contribution in [2.24, 2.45) is 0 Å². The topological polar surface area (TPSA) is 81.0 Å². The molecular formula is C16H19N5OS. The molecule has 1 aromatic carbocycles. The van der Waals surface area contributed by atoms with Crippen LogP contribution in [-0.4, -0.2) is 48.0 Å². The molecule has 0 aliphatic carbocycles. The maximum Gasteiger partial charge on any atom is 0.237 e. The molecule has 120 valence electrons. The first-order chi connectivity index (χ1) is 11.3. The third-order valence-corrected chi connectivity index (χ3v) is 4.86. The number of carbonyl (C=O) groups excluding carboxylic acids is 1. The second-order valence-corrected chi connectivity index (χ2v) is 6.50. The maximum absolute atomic E-state index is 12.0. The number of nitrogens with one attached hydrogen (secondary N) is 2. The third-order valence-electron chi connectivity index (χ3n) is 3.87. The van der Waals surface area contributed by atoms with Crippen LogP contribution in [-0.2, 0) is 4.79 Å². The lowest BCUT2D eigenvalue weighted by Gasteiger charge is -2.19. The number of nitrogens with zero attached hydrogens (tertiary/aromatic N) is 3. The van der Waals surface area contributed by atoms with Crippen molar-refractivity contribution in [3.63, 3.8) is 0 Å². The molecule has 2 N–H and O–H groups in total. The molecular weight excluding hydrogens is 310 g/mol. The summed E-state index contributed by atoms with van der Waals surface area (Å²) in [6, 6.07) is 9.97. The normalized spacial score (nSPS) is 17.3. The standard InChI is InChI=1S/C16H19N5OS/c17-10-12-4-3-9-21(12)15(22)11-18-7-8-19-16-20-13-5-1-2-6-14(13)23-16/h1-2,5-6,12,18H,3-4,7-9,11H2,(H,19,20). The fourth-order valence-electron chi connectivity index (χ4n) is 2.70. The number of para-hydroxylation sites is 1. The molecule has 1 aliphatic rings. The van der Waals surface area contributed by atoms with Crippen molar-refractivity contribution in [1.82, 2.24) is 15.2 Å². The molecule has 7 heteroatoms. The summed E-state index contributed by atoms with van der Waals surface area (Å²) in [6.07, 6.45) is 1.71. The van der Waals surface area contributed by atoms with Crippen LogP contribution in [0.4, 0.5) is 5.13 Å². The van der Waals surface area contributed by atoms with Crippen molar-refractivity contribution in [3.8, 4) is 6.07 Å². The average molecular weight is 329 g/mol. The Labute approximate surface area is 139 Å². The van der Waals surface area contributed by atoms with Crippen molar-refractivity contribution in [1.29, 1.82) is 5.26 Å². The quantitative estimate of drug-likeness (QED) is 0.790. The van der Waals surface area contributed by atoms with Crippen LogP contribution in [0.5, 0.6) is 0 Å². The van der Waals surface area contributed by atoms with Crippen LogP contribution < -0.4 is 10.6 Å². The van der Waals surface area contributed by atoms with Crippen LogP contribution >= 0.6 is 11.3 Å². The Morgan fingerprint density at radius 1 is 1.43 bits per heavy atom. The van der Waals surface area contributed by atoms with Gasteiger partial charge in [0.15, 0.2) is 5.13 Å². The first-order valence-electron chi connectivity index (χ1n) is 7.77. The summed E-state index contributed by atoms with van der Waals surface area (Å²) in [5.74, 6) is 0.00837. The zero-order valence-electron chi connectivity index (χ0n) is 12.8. The van der Waals surface area contributed by atoms with E-state index < -0.39 is 0 Å². The molecule has 1 amide bonds. The molecule has 0 bridgehead atoms.